The largest absolute Gasteiger partial charge is 0.312 e. The lowest BCUT2D eigenvalue weighted by molar-refractivity contribution is 0.102. The van der Waals surface area contributed by atoms with Crippen molar-refractivity contribution < 1.29 is 4.79 Å². The number of para-hydroxylation sites is 1. The molecule has 1 amide bonds. The molecule has 2 heterocycles. The lowest BCUT2D eigenvalue weighted by Gasteiger charge is -2.33. The first-order chi connectivity index (χ1) is 17.6. The summed E-state index contributed by atoms with van der Waals surface area (Å²) in [6, 6.07) is 15.2. The molecule has 5 rings (SSSR count). The van der Waals surface area contributed by atoms with Gasteiger partial charge in [0.2, 0.25) is 0 Å². The van der Waals surface area contributed by atoms with Gasteiger partial charge in [0.15, 0.2) is 0 Å². The van der Waals surface area contributed by atoms with Crippen molar-refractivity contribution in [2.24, 2.45) is 11.3 Å². The Bertz CT molecular complexity index is 1590. The molecule has 1 atom stereocenters. The highest BCUT2D eigenvalue weighted by Gasteiger charge is 2.33. The van der Waals surface area contributed by atoms with Gasteiger partial charge >= 0.3 is 0 Å². The minimum atomic E-state index is -0.259. The molecule has 1 aliphatic rings. The molecule has 0 spiro atoms. The number of carbonyl (C=O) groups is 1. The van der Waals surface area contributed by atoms with E-state index in [-0.39, 0.29) is 11.3 Å². The highest BCUT2D eigenvalue weighted by Crippen LogP contribution is 2.44. The van der Waals surface area contributed by atoms with Crippen molar-refractivity contribution in [3.05, 3.63) is 79.6 Å². The fourth-order valence-corrected chi connectivity index (χ4v) is 7.01. The summed E-state index contributed by atoms with van der Waals surface area (Å²) in [5.41, 5.74) is 5.15. The van der Waals surface area contributed by atoms with Crippen molar-refractivity contribution >= 4 is 56.3 Å². The molecule has 4 aromatic rings. The quantitative estimate of drug-likeness (QED) is 0.278. The third-order valence-electron chi connectivity index (χ3n) is 7.38. The van der Waals surface area contributed by atoms with Gasteiger partial charge in [-0.15, -0.1) is 11.3 Å². The van der Waals surface area contributed by atoms with Gasteiger partial charge in [-0.2, -0.15) is 5.26 Å². The molecule has 37 heavy (non-hydrogen) atoms. The molecule has 7 heteroatoms. The molecule has 1 unspecified atom stereocenters. The first-order valence-corrected chi connectivity index (χ1v) is 13.9. The second-order valence-corrected chi connectivity index (χ2v) is 12.6. The van der Waals surface area contributed by atoms with Crippen molar-refractivity contribution in [1.82, 2.24) is 4.98 Å². The maximum absolute atomic E-state index is 13.9. The number of rotatable bonds is 3. The Hall–Kier alpha value is -2.91. The van der Waals surface area contributed by atoms with Crippen molar-refractivity contribution in [2.75, 3.05) is 5.32 Å². The normalized spacial score (nSPS) is 15.3. The van der Waals surface area contributed by atoms with Crippen molar-refractivity contribution in [3.8, 4) is 17.3 Å². The zero-order chi connectivity index (χ0) is 26.5. The number of halogens is 2. The van der Waals surface area contributed by atoms with Crippen LogP contribution in [0.2, 0.25) is 10.0 Å². The Morgan fingerprint density at radius 2 is 1.95 bits per heavy atom. The van der Waals surface area contributed by atoms with Crippen LogP contribution in [0, 0.1) is 29.6 Å². The van der Waals surface area contributed by atoms with Crippen molar-refractivity contribution in [1.29, 1.82) is 5.26 Å². The summed E-state index contributed by atoms with van der Waals surface area (Å²) in [5, 5.41) is 15.5. The molecule has 4 nitrogen and oxygen atoms in total. The fourth-order valence-electron chi connectivity index (χ4n) is 5.24. The first-order valence-electron chi connectivity index (χ1n) is 12.3. The van der Waals surface area contributed by atoms with Gasteiger partial charge in [0, 0.05) is 20.8 Å². The van der Waals surface area contributed by atoms with Crippen LogP contribution in [0.1, 0.15) is 59.1 Å². The number of amides is 1. The Morgan fingerprint density at radius 1 is 1.19 bits per heavy atom. The van der Waals surface area contributed by atoms with Gasteiger partial charge in [0.1, 0.15) is 11.1 Å². The molecule has 1 aliphatic carbocycles. The van der Waals surface area contributed by atoms with E-state index in [1.165, 1.54) is 16.2 Å². The van der Waals surface area contributed by atoms with Gasteiger partial charge in [0.05, 0.1) is 27.4 Å². The van der Waals surface area contributed by atoms with Crippen LogP contribution in [0.5, 0.6) is 0 Å². The number of nitriles is 1. The molecule has 188 valence electrons. The first kappa shape index (κ1) is 25.7. The van der Waals surface area contributed by atoms with Crippen LogP contribution in [-0.4, -0.2) is 10.9 Å². The fraction of sp³-hybridized carbons (Fsp3) is 0.300. The SMILES string of the molecule is Cc1c(-c2ccc(Cl)cc2Cl)nc2ccccc2c1C(=O)Nc1sc2c(c1C#N)CCC(C(C)(C)C)C2. The molecule has 2 aromatic carbocycles. The summed E-state index contributed by atoms with van der Waals surface area (Å²) in [5.74, 6) is 0.289. The average molecular weight is 549 g/mol. The number of nitrogens with zero attached hydrogens (tertiary/aromatic N) is 2. The minimum Gasteiger partial charge on any atom is -0.312 e. The molecular weight excluding hydrogens is 521 g/mol. The average Bonchev–Trinajstić information content (AvgIpc) is 3.19. The molecule has 1 N–H and O–H groups in total. The number of anilines is 1. The van der Waals surface area contributed by atoms with E-state index in [4.69, 9.17) is 28.2 Å². The van der Waals surface area contributed by atoms with Gasteiger partial charge in [-0.25, -0.2) is 4.98 Å². The number of pyridine rings is 1. The zero-order valence-corrected chi connectivity index (χ0v) is 23.5. The predicted octanol–water partition coefficient (Wildman–Crippen LogP) is 8.85. The van der Waals surface area contributed by atoms with Gasteiger partial charge in [0.25, 0.3) is 5.91 Å². The van der Waals surface area contributed by atoms with Crippen molar-refractivity contribution in [2.45, 2.75) is 47.0 Å². The summed E-state index contributed by atoms with van der Waals surface area (Å²) < 4.78 is 0. The summed E-state index contributed by atoms with van der Waals surface area (Å²) in [6.45, 7) is 8.69. The molecule has 0 aliphatic heterocycles. The lowest BCUT2D eigenvalue weighted by atomic mass is 9.72. The third-order valence-corrected chi connectivity index (χ3v) is 9.10. The van der Waals surface area contributed by atoms with E-state index in [1.54, 1.807) is 12.1 Å². The van der Waals surface area contributed by atoms with Crippen molar-refractivity contribution in [3.63, 3.8) is 0 Å². The van der Waals surface area contributed by atoms with E-state index in [2.05, 4.69) is 32.2 Å². The van der Waals surface area contributed by atoms with Gasteiger partial charge in [-0.1, -0.05) is 62.2 Å². The topological polar surface area (TPSA) is 65.8 Å². The van der Waals surface area contributed by atoms with Crippen LogP contribution in [0.15, 0.2) is 42.5 Å². The number of carbonyl (C=O) groups excluding carboxylic acids is 1. The van der Waals surface area contributed by atoms with Crippen LogP contribution in [0.4, 0.5) is 5.00 Å². The number of aromatic nitrogens is 1. The second kappa shape index (κ2) is 9.76. The minimum absolute atomic E-state index is 0.199. The van der Waals surface area contributed by atoms with Crippen LogP contribution in [-0.2, 0) is 12.8 Å². The van der Waals surface area contributed by atoms with Gasteiger partial charge in [-0.05, 0) is 72.9 Å². The van der Waals surface area contributed by atoms with E-state index in [1.807, 2.05) is 37.3 Å². The van der Waals surface area contributed by atoms with Crippen LogP contribution < -0.4 is 5.32 Å². The molecule has 0 saturated carbocycles. The number of nitrogens with one attached hydrogen (secondary N) is 1. The smallest absolute Gasteiger partial charge is 0.257 e. The van der Waals surface area contributed by atoms with Gasteiger partial charge in [-0.3, -0.25) is 4.79 Å². The summed E-state index contributed by atoms with van der Waals surface area (Å²) in [6.07, 6.45) is 2.85. The summed E-state index contributed by atoms with van der Waals surface area (Å²) in [7, 11) is 0. The van der Waals surface area contributed by atoms with E-state index in [0.717, 1.165) is 30.2 Å². The highest BCUT2D eigenvalue weighted by atomic mass is 35.5. The summed E-state index contributed by atoms with van der Waals surface area (Å²) in [4.78, 5) is 19.9. The molecule has 0 radical (unpaired) electrons. The molecule has 0 fully saturated rings. The Morgan fingerprint density at radius 3 is 2.65 bits per heavy atom. The third kappa shape index (κ3) is 4.75. The molecule has 2 aromatic heterocycles. The van der Waals surface area contributed by atoms with E-state index in [9.17, 15) is 10.1 Å². The van der Waals surface area contributed by atoms with Crippen LogP contribution in [0.3, 0.4) is 0 Å². The molecule has 0 bridgehead atoms. The number of hydrogen-bond acceptors (Lipinski definition) is 4. The van der Waals surface area contributed by atoms with E-state index >= 15 is 0 Å². The van der Waals surface area contributed by atoms with Crippen LogP contribution >= 0.6 is 34.5 Å². The number of benzene rings is 2. The van der Waals surface area contributed by atoms with Crippen LogP contribution in [0.25, 0.3) is 22.2 Å². The van der Waals surface area contributed by atoms with E-state index < -0.39 is 0 Å². The van der Waals surface area contributed by atoms with Gasteiger partial charge < -0.3 is 5.32 Å². The zero-order valence-electron chi connectivity index (χ0n) is 21.2. The number of hydrogen-bond donors (Lipinski definition) is 1. The standard InChI is InChI=1S/C30H27Cl2N3OS/c1-16-26(21-7-5-6-8-24(21)34-27(16)20-12-10-18(31)14-23(20)32)28(36)35-29-22(15-33)19-11-9-17(30(2,3)4)13-25(19)37-29/h5-8,10,12,14,17H,9,11,13H2,1-4H3,(H,35,36). The Labute approximate surface area is 231 Å². The monoisotopic (exact) mass is 547 g/mol. The molecular formula is C30H27Cl2N3OS. The summed E-state index contributed by atoms with van der Waals surface area (Å²) >= 11 is 14.2. The predicted molar refractivity (Wildman–Crippen MR) is 154 cm³/mol. The highest BCUT2D eigenvalue weighted by molar-refractivity contribution is 7.16. The van der Waals surface area contributed by atoms with E-state index in [0.29, 0.717) is 54.4 Å². The number of thiophene rings is 1. The maximum atomic E-state index is 13.9. The Balaban J connectivity index is 1.59. The maximum Gasteiger partial charge on any atom is 0.257 e. The second-order valence-electron chi connectivity index (χ2n) is 10.7. The Kier molecular flexibility index (Phi) is 6.79. The number of fused-ring (bicyclic) bond motifs is 2. The molecule has 0 saturated heterocycles. The lowest BCUT2D eigenvalue weighted by Crippen LogP contribution is -2.26.